The molecule has 0 aliphatic carbocycles. The third-order valence-corrected chi connectivity index (χ3v) is 5.52. The fraction of sp³-hybridized carbons (Fsp3) is 0.120. The number of nitrogens with one attached hydrogen (secondary N) is 1. The van der Waals surface area contributed by atoms with E-state index in [0.717, 1.165) is 28.2 Å². The maximum absolute atomic E-state index is 12.3. The highest BCUT2D eigenvalue weighted by Gasteiger charge is 2.11. The van der Waals surface area contributed by atoms with Gasteiger partial charge >= 0.3 is 0 Å². The Hall–Kier alpha value is -4.11. The van der Waals surface area contributed by atoms with Crippen LogP contribution < -0.4 is 14.8 Å². The topological polar surface area (TPSA) is 99.4 Å². The number of hydrogen-bond donors (Lipinski definition) is 1. The van der Waals surface area contributed by atoms with E-state index >= 15 is 0 Å². The molecule has 0 radical (unpaired) electrons. The number of hydrogen-bond acceptors (Lipinski definition) is 8. The van der Waals surface area contributed by atoms with Crippen LogP contribution in [0.1, 0.15) is 11.1 Å². The van der Waals surface area contributed by atoms with Crippen LogP contribution in [0.15, 0.2) is 76.6 Å². The van der Waals surface area contributed by atoms with Crippen molar-refractivity contribution in [2.75, 3.05) is 25.3 Å². The lowest BCUT2D eigenvalue weighted by molar-refractivity contribution is -0.113. The van der Waals surface area contributed by atoms with Crippen LogP contribution in [0.5, 0.6) is 11.5 Å². The number of rotatable bonds is 9. The van der Waals surface area contributed by atoms with Gasteiger partial charge in [0.1, 0.15) is 11.5 Å². The zero-order valence-corrected chi connectivity index (χ0v) is 19.4. The molecule has 4 rings (SSSR count). The Labute approximate surface area is 201 Å². The summed E-state index contributed by atoms with van der Waals surface area (Å²) in [6.07, 6.45) is 7.25. The summed E-state index contributed by atoms with van der Waals surface area (Å²) in [5, 5.41) is 11.2. The summed E-state index contributed by atoms with van der Waals surface area (Å²) in [7, 11) is 3.24. The molecule has 0 atom stereocenters. The number of thioether (sulfide) groups is 1. The van der Waals surface area contributed by atoms with Crippen molar-refractivity contribution in [1.29, 1.82) is 0 Å². The van der Waals surface area contributed by atoms with Crippen LogP contribution in [0.25, 0.3) is 23.6 Å². The van der Waals surface area contributed by atoms with Crippen molar-refractivity contribution in [2.24, 2.45) is 0 Å². The predicted octanol–water partition coefficient (Wildman–Crippen LogP) is 5.05. The van der Waals surface area contributed by atoms with Gasteiger partial charge in [-0.1, -0.05) is 36.0 Å². The molecule has 0 spiro atoms. The van der Waals surface area contributed by atoms with E-state index in [1.807, 2.05) is 54.6 Å². The molecular formula is C25H22N4O4S. The van der Waals surface area contributed by atoms with Crippen molar-refractivity contribution in [1.82, 2.24) is 15.2 Å². The number of nitrogens with zero attached hydrogens (tertiary/aromatic N) is 3. The average molecular weight is 475 g/mol. The van der Waals surface area contributed by atoms with Gasteiger partial charge in [0, 0.05) is 29.7 Å². The highest BCUT2D eigenvalue weighted by Crippen LogP contribution is 2.25. The third kappa shape index (κ3) is 6.23. The van der Waals surface area contributed by atoms with E-state index in [1.165, 1.54) is 11.8 Å². The first kappa shape index (κ1) is 23.1. The standard InChI is InChI=1S/C25H22N4O4S/c1-31-21-13-18(14-22(15-21)32-2)4-3-17-5-7-20(8-6-17)27-23(30)16-34-25-29-28-24(33-25)19-9-11-26-12-10-19/h3-15H,16H2,1-2H3,(H,27,30)/b4-3+. The minimum atomic E-state index is -0.166. The smallest absolute Gasteiger partial charge is 0.277 e. The second-order valence-electron chi connectivity index (χ2n) is 7.05. The Bertz CT molecular complexity index is 1250. The van der Waals surface area contributed by atoms with Gasteiger partial charge in [-0.2, -0.15) is 0 Å². The fourth-order valence-electron chi connectivity index (χ4n) is 3.00. The molecule has 0 fully saturated rings. The van der Waals surface area contributed by atoms with E-state index in [-0.39, 0.29) is 11.7 Å². The Balaban J connectivity index is 1.30. The van der Waals surface area contributed by atoms with E-state index in [2.05, 4.69) is 20.5 Å². The fourth-order valence-corrected chi connectivity index (χ4v) is 3.56. The summed E-state index contributed by atoms with van der Waals surface area (Å²) >= 11 is 1.18. The Morgan fingerprint density at radius 2 is 1.62 bits per heavy atom. The van der Waals surface area contributed by atoms with Gasteiger partial charge in [-0.25, -0.2) is 0 Å². The second-order valence-corrected chi connectivity index (χ2v) is 7.97. The second kappa shape index (κ2) is 11.2. The molecule has 0 bridgehead atoms. The molecule has 0 aliphatic rings. The summed E-state index contributed by atoms with van der Waals surface area (Å²) in [5.74, 6) is 1.83. The molecular weight excluding hydrogens is 452 g/mol. The van der Waals surface area contributed by atoms with E-state index < -0.39 is 0 Å². The van der Waals surface area contributed by atoms with Crippen LogP contribution in [-0.2, 0) is 4.79 Å². The zero-order chi connectivity index (χ0) is 23.8. The molecule has 0 aliphatic heterocycles. The summed E-state index contributed by atoms with van der Waals surface area (Å²) < 4.78 is 16.2. The summed E-state index contributed by atoms with van der Waals surface area (Å²) in [6, 6.07) is 16.8. The first-order chi connectivity index (χ1) is 16.6. The van der Waals surface area contributed by atoms with Crippen molar-refractivity contribution in [2.45, 2.75) is 5.22 Å². The van der Waals surface area contributed by atoms with E-state index in [0.29, 0.717) is 16.8 Å². The summed E-state index contributed by atoms with van der Waals surface area (Å²) in [6.45, 7) is 0. The van der Waals surface area contributed by atoms with Crippen molar-refractivity contribution >= 4 is 35.5 Å². The van der Waals surface area contributed by atoms with Gasteiger partial charge in [0.25, 0.3) is 5.22 Å². The van der Waals surface area contributed by atoms with Crippen LogP contribution in [0, 0.1) is 0 Å². The van der Waals surface area contributed by atoms with Gasteiger partial charge < -0.3 is 19.2 Å². The van der Waals surface area contributed by atoms with Crippen molar-refractivity contribution in [3.63, 3.8) is 0 Å². The molecule has 4 aromatic rings. The van der Waals surface area contributed by atoms with Crippen LogP contribution in [-0.4, -0.2) is 41.1 Å². The van der Waals surface area contributed by atoms with Crippen molar-refractivity contribution < 1.29 is 18.7 Å². The minimum Gasteiger partial charge on any atom is -0.497 e. The number of pyridine rings is 1. The molecule has 8 nitrogen and oxygen atoms in total. The van der Waals surface area contributed by atoms with E-state index in [1.54, 1.807) is 38.7 Å². The summed E-state index contributed by atoms with van der Waals surface area (Å²) in [5.41, 5.74) is 3.43. The first-order valence-electron chi connectivity index (χ1n) is 10.3. The lowest BCUT2D eigenvalue weighted by Crippen LogP contribution is -2.13. The number of benzene rings is 2. The van der Waals surface area contributed by atoms with E-state index in [9.17, 15) is 4.79 Å². The van der Waals surface area contributed by atoms with Gasteiger partial charge in [0.05, 0.1) is 20.0 Å². The van der Waals surface area contributed by atoms with Gasteiger partial charge in [-0.3, -0.25) is 9.78 Å². The number of carbonyl (C=O) groups is 1. The molecule has 34 heavy (non-hydrogen) atoms. The third-order valence-electron chi connectivity index (χ3n) is 4.70. The molecule has 2 heterocycles. The molecule has 0 saturated heterocycles. The van der Waals surface area contributed by atoms with Crippen molar-refractivity contribution in [3.05, 3.63) is 78.1 Å². The van der Waals surface area contributed by atoms with Crippen LogP contribution in [0.4, 0.5) is 5.69 Å². The number of carbonyl (C=O) groups excluding carboxylic acids is 1. The van der Waals surface area contributed by atoms with Gasteiger partial charge in [0.15, 0.2) is 0 Å². The predicted molar refractivity (Wildman–Crippen MR) is 132 cm³/mol. The number of amides is 1. The Morgan fingerprint density at radius 3 is 2.29 bits per heavy atom. The molecule has 1 amide bonds. The summed E-state index contributed by atoms with van der Waals surface area (Å²) in [4.78, 5) is 16.3. The highest BCUT2D eigenvalue weighted by molar-refractivity contribution is 7.99. The van der Waals surface area contributed by atoms with Crippen LogP contribution >= 0.6 is 11.8 Å². The average Bonchev–Trinajstić information content (AvgIpc) is 3.36. The number of anilines is 1. The van der Waals surface area contributed by atoms with Crippen LogP contribution in [0.3, 0.4) is 0 Å². The Kier molecular flexibility index (Phi) is 7.56. The van der Waals surface area contributed by atoms with E-state index in [4.69, 9.17) is 13.9 Å². The molecule has 9 heteroatoms. The van der Waals surface area contributed by atoms with Crippen molar-refractivity contribution in [3.8, 4) is 23.0 Å². The number of ether oxygens (including phenoxy) is 2. The Morgan fingerprint density at radius 1 is 0.941 bits per heavy atom. The maximum Gasteiger partial charge on any atom is 0.277 e. The molecule has 1 N–H and O–H groups in total. The molecule has 172 valence electrons. The van der Waals surface area contributed by atoms with Gasteiger partial charge in [-0.15, -0.1) is 10.2 Å². The lowest BCUT2D eigenvalue weighted by atomic mass is 10.1. The minimum absolute atomic E-state index is 0.150. The lowest BCUT2D eigenvalue weighted by Gasteiger charge is -2.06. The molecule has 0 unspecified atom stereocenters. The SMILES string of the molecule is COc1cc(/C=C/c2ccc(NC(=O)CSc3nnc(-c4ccncc4)o3)cc2)cc(OC)c1. The first-order valence-corrected chi connectivity index (χ1v) is 11.3. The normalized spacial score (nSPS) is 10.9. The molecule has 0 saturated carbocycles. The number of methoxy groups -OCH3 is 2. The number of aromatic nitrogens is 3. The van der Waals surface area contributed by atoms with Gasteiger partial charge in [-0.05, 0) is 47.5 Å². The maximum atomic E-state index is 12.3. The molecule has 2 aromatic heterocycles. The molecule has 2 aromatic carbocycles. The monoisotopic (exact) mass is 474 g/mol. The quantitative estimate of drug-likeness (QED) is 0.266. The largest absolute Gasteiger partial charge is 0.497 e. The highest BCUT2D eigenvalue weighted by atomic mass is 32.2. The zero-order valence-electron chi connectivity index (χ0n) is 18.6. The van der Waals surface area contributed by atoms with Crippen LogP contribution in [0.2, 0.25) is 0 Å². The van der Waals surface area contributed by atoms with Gasteiger partial charge in [0.2, 0.25) is 11.8 Å².